The Labute approximate surface area is 170 Å². The minimum Gasteiger partial charge on any atom is -0.492 e. The number of alkyl halides is 1. The molecule has 162 valence electrons. The highest BCUT2D eigenvalue weighted by molar-refractivity contribution is 5.97. The number of aromatic carboxylic acids is 1. The van der Waals surface area contributed by atoms with Crippen LogP contribution in [0.4, 0.5) is 14.5 Å². The molecule has 0 amide bonds. The number of benzene rings is 1. The van der Waals surface area contributed by atoms with Gasteiger partial charge in [0, 0.05) is 32.8 Å². The smallest absolute Gasteiger partial charge is 0.341 e. The number of hydrogen-bond donors (Lipinski definition) is 2. The zero-order chi connectivity index (χ0) is 22.0. The van der Waals surface area contributed by atoms with Crippen LogP contribution in [0, 0.1) is 5.82 Å². The summed E-state index contributed by atoms with van der Waals surface area (Å²) in [6, 6.07) is 0.339. The van der Waals surface area contributed by atoms with Crippen LogP contribution in [0.5, 0.6) is 5.75 Å². The number of fused-ring (bicyclic) bond motifs is 1. The third-order valence-corrected chi connectivity index (χ3v) is 5.93. The molecule has 1 aliphatic carbocycles. The van der Waals surface area contributed by atoms with Crippen LogP contribution < -0.4 is 20.8 Å². The van der Waals surface area contributed by atoms with Crippen molar-refractivity contribution in [1.29, 1.82) is 0 Å². The summed E-state index contributed by atoms with van der Waals surface area (Å²) in [7, 11) is 2.84. The predicted octanol–water partition coefficient (Wildman–Crippen LogP) is 1.68. The molecular weight excluding hydrogens is 400 g/mol. The van der Waals surface area contributed by atoms with Gasteiger partial charge in [-0.25, -0.2) is 13.6 Å². The summed E-state index contributed by atoms with van der Waals surface area (Å²) >= 11 is 0. The van der Waals surface area contributed by atoms with Crippen LogP contribution in [0.3, 0.4) is 0 Å². The number of nitrogens with zero attached hydrogens (tertiary/aromatic N) is 2. The fraction of sp³-hybridized carbons (Fsp3) is 0.500. The molecule has 2 fully saturated rings. The summed E-state index contributed by atoms with van der Waals surface area (Å²) in [6.07, 6.45) is -0.278. The van der Waals surface area contributed by atoms with E-state index in [1.54, 1.807) is 11.8 Å². The van der Waals surface area contributed by atoms with E-state index in [4.69, 9.17) is 15.2 Å². The Morgan fingerprint density at radius 2 is 2.07 bits per heavy atom. The molecule has 2 aromatic rings. The van der Waals surface area contributed by atoms with E-state index >= 15 is 4.39 Å². The third kappa shape index (κ3) is 3.02. The van der Waals surface area contributed by atoms with Gasteiger partial charge in [0.25, 0.3) is 0 Å². The summed E-state index contributed by atoms with van der Waals surface area (Å²) in [6.45, 7) is 2.34. The second kappa shape index (κ2) is 6.92. The molecule has 3 N–H and O–H groups in total. The molecule has 1 aromatic carbocycles. The Morgan fingerprint density at radius 1 is 1.40 bits per heavy atom. The molecule has 10 heteroatoms. The molecule has 3 unspecified atom stereocenters. The fourth-order valence-corrected chi connectivity index (χ4v) is 4.29. The maximum Gasteiger partial charge on any atom is 0.341 e. The number of rotatable bonds is 5. The molecule has 8 nitrogen and oxygen atoms in total. The first-order chi connectivity index (χ1) is 14.1. The van der Waals surface area contributed by atoms with E-state index in [1.165, 1.54) is 18.8 Å². The summed E-state index contributed by atoms with van der Waals surface area (Å²) in [5.41, 5.74) is 4.38. The highest BCUT2D eigenvalue weighted by atomic mass is 19.1. The first kappa shape index (κ1) is 20.5. The monoisotopic (exact) mass is 423 g/mol. The maximum absolute atomic E-state index is 15.3. The van der Waals surface area contributed by atoms with Crippen LogP contribution in [-0.4, -0.2) is 60.8 Å². The van der Waals surface area contributed by atoms with Gasteiger partial charge in [-0.3, -0.25) is 4.79 Å². The summed E-state index contributed by atoms with van der Waals surface area (Å²) < 4.78 is 41.5. The van der Waals surface area contributed by atoms with Gasteiger partial charge < -0.3 is 29.8 Å². The average Bonchev–Trinajstić information content (AvgIpc) is 3.31. The number of carboxylic acids is 1. The number of nitrogens with two attached hydrogens (primary N) is 1. The molecule has 4 rings (SSSR count). The number of anilines is 1. The second-order valence-electron chi connectivity index (χ2n) is 8.15. The first-order valence-electron chi connectivity index (χ1n) is 9.50. The molecular formula is C20H23F2N3O5. The van der Waals surface area contributed by atoms with Crippen molar-refractivity contribution in [3.8, 4) is 5.75 Å². The van der Waals surface area contributed by atoms with Gasteiger partial charge in [-0.2, -0.15) is 0 Å². The number of methoxy groups -OCH3 is 2. The van der Waals surface area contributed by atoms with E-state index in [1.807, 2.05) is 0 Å². The normalized spacial score (nSPS) is 28.2. The molecule has 0 radical (unpaired) electrons. The first-order valence-corrected chi connectivity index (χ1v) is 9.50. The molecule has 0 spiro atoms. The highest BCUT2D eigenvalue weighted by Gasteiger charge is 2.44. The number of carboxylic acid groups (broad SMARTS) is 1. The van der Waals surface area contributed by atoms with E-state index in [2.05, 4.69) is 0 Å². The van der Waals surface area contributed by atoms with E-state index in [0.29, 0.717) is 0 Å². The molecule has 0 bridgehead atoms. The van der Waals surface area contributed by atoms with Gasteiger partial charge in [-0.1, -0.05) is 0 Å². The molecule has 1 saturated heterocycles. The molecule has 1 aliphatic heterocycles. The lowest BCUT2D eigenvalue weighted by molar-refractivity contribution is 0.0694. The van der Waals surface area contributed by atoms with Crippen molar-refractivity contribution in [3.63, 3.8) is 0 Å². The Bertz CT molecular complexity index is 1100. The van der Waals surface area contributed by atoms with Crippen molar-refractivity contribution in [2.45, 2.75) is 37.2 Å². The summed E-state index contributed by atoms with van der Waals surface area (Å²) in [5.74, 6) is -2.19. The van der Waals surface area contributed by atoms with Crippen LogP contribution in [0.25, 0.3) is 10.9 Å². The zero-order valence-corrected chi connectivity index (χ0v) is 16.8. The van der Waals surface area contributed by atoms with E-state index in [0.717, 1.165) is 12.3 Å². The third-order valence-electron chi connectivity index (χ3n) is 5.93. The van der Waals surface area contributed by atoms with Crippen LogP contribution >= 0.6 is 0 Å². The Morgan fingerprint density at radius 3 is 2.57 bits per heavy atom. The Balaban J connectivity index is 2.01. The van der Waals surface area contributed by atoms with Gasteiger partial charge in [0.05, 0.1) is 35.7 Å². The number of carbonyl (C=O) groups is 1. The van der Waals surface area contributed by atoms with Crippen LogP contribution in [0.15, 0.2) is 17.1 Å². The van der Waals surface area contributed by atoms with E-state index < -0.39 is 40.5 Å². The van der Waals surface area contributed by atoms with Gasteiger partial charge in [-0.15, -0.1) is 0 Å². The van der Waals surface area contributed by atoms with Gasteiger partial charge in [0.1, 0.15) is 17.4 Å². The topological polar surface area (TPSA) is 107 Å². The lowest BCUT2D eigenvalue weighted by atomic mass is 10.0. The van der Waals surface area contributed by atoms with Crippen molar-refractivity contribution in [3.05, 3.63) is 33.9 Å². The fourth-order valence-electron chi connectivity index (χ4n) is 4.29. The van der Waals surface area contributed by atoms with Crippen molar-refractivity contribution >= 4 is 22.6 Å². The quantitative estimate of drug-likeness (QED) is 0.754. The summed E-state index contributed by atoms with van der Waals surface area (Å²) in [4.78, 5) is 25.9. The molecule has 1 aromatic heterocycles. The molecule has 30 heavy (non-hydrogen) atoms. The van der Waals surface area contributed by atoms with Gasteiger partial charge >= 0.3 is 5.97 Å². The van der Waals surface area contributed by atoms with Crippen molar-refractivity contribution in [1.82, 2.24) is 4.57 Å². The largest absolute Gasteiger partial charge is 0.492 e. The Kier molecular flexibility index (Phi) is 4.74. The molecule has 4 atom stereocenters. The molecule has 2 aliphatic rings. The summed E-state index contributed by atoms with van der Waals surface area (Å²) in [5, 5.41) is 9.21. The van der Waals surface area contributed by atoms with Crippen LogP contribution in [0.2, 0.25) is 0 Å². The predicted molar refractivity (Wildman–Crippen MR) is 106 cm³/mol. The number of ether oxygens (including phenoxy) is 2. The number of hydrogen-bond acceptors (Lipinski definition) is 6. The van der Waals surface area contributed by atoms with Crippen LogP contribution in [0.1, 0.15) is 29.7 Å². The van der Waals surface area contributed by atoms with Crippen molar-refractivity contribution in [2.75, 3.05) is 32.2 Å². The van der Waals surface area contributed by atoms with Gasteiger partial charge in [0.2, 0.25) is 5.43 Å². The van der Waals surface area contributed by atoms with Crippen molar-refractivity contribution in [2.24, 2.45) is 5.73 Å². The number of aromatic nitrogens is 1. The average molecular weight is 423 g/mol. The lowest BCUT2D eigenvalue weighted by Gasteiger charge is -2.25. The van der Waals surface area contributed by atoms with E-state index in [9.17, 15) is 19.1 Å². The SMILES string of the molecule is COc1c(N2CC(OC)C(C)(N)C2)c(F)cc2c(=O)c(C(=O)O)cn(C3C[C@@H]3F)c12. The zero-order valence-electron chi connectivity index (χ0n) is 16.8. The molecule has 1 saturated carbocycles. The standard InChI is InChI=1S/C20H23F2N3O5/c1-20(23)8-24(7-14(20)29-2)16-12(22)4-9-15(18(16)30-3)25(13-5-11(13)21)6-10(17(9)26)19(27)28/h4,6,11,13-14H,5,7-8,23H2,1-3H3,(H,27,28)/t11-,13?,14?,20?/m0/s1. The van der Waals surface area contributed by atoms with Crippen molar-refractivity contribution < 1.29 is 28.2 Å². The number of halogens is 2. The van der Waals surface area contributed by atoms with Crippen LogP contribution in [-0.2, 0) is 4.74 Å². The highest BCUT2D eigenvalue weighted by Crippen LogP contribution is 2.46. The van der Waals surface area contributed by atoms with Gasteiger partial charge in [-0.05, 0) is 13.0 Å². The minimum atomic E-state index is -1.46. The molecule has 2 heterocycles. The maximum atomic E-state index is 15.3. The lowest BCUT2D eigenvalue weighted by Crippen LogP contribution is -2.48. The Hall–Kier alpha value is -2.72. The van der Waals surface area contributed by atoms with Gasteiger partial charge in [0.15, 0.2) is 11.6 Å². The second-order valence-corrected chi connectivity index (χ2v) is 8.15. The minimum absolute atomic E-state index is 0.0330. The number of pyridine rings is 1. The van der Waals surface area contributed by atoms with E-state index in [-0.39, 0.29) is 48.0 Å².